The fourth-order valence-corrected chi connectivity index (χ4v) is 2.31. The van der Waals surface area contributed by atoms with Crippen molar-refractivity contribution in [1.29, 1.82) is 0 Å². The van der Waals surface area contributed by atoms with Crippen LogP contribution >= 0.6 is 23.5 Å². The van der Waals surface area contributed by atoms with E-state index in [-0.39, 0.29) is 49.9 Å². The van der Waals surface area contributed by atoms with E-state index in [0.29, 0.717) is 24.7 Å². The fraction of sp³-hybridized carbons (Fsp3) is 0.833. The molecule has 0 aliphatic heterocycles. The summed E-state index contributed by atoms with van der Waals surface area (Å²) in [6.45, 7) is 0.790. The Hall–Kier alpha value is -0.480. The van der Waals surface area contributed by atoms with Crippen LogP contribution in [-0.2, 0) is 23.8 Å². The summed E-state index contributed by atoms with van der Waals surface area (Å²) in [4.78, 5) is 22.1. The van der Waals surface area contributed by atoms with E-state index in [1.807, 2.05) is 0 Å². The predicted molar refractivity (Wildman–Crippen MR) is 81.6 cm³/mol. The molecule has 0 bridgehead atoms. The number of ether oxygens (including phenoxy) is 3. The van der Waals surface area contributed by atoms with Crippen LogP contribution in [0.3, 0.4) is 0 Å². The van der Waals surface area contributed by atoms with Crippen LogP contribution in [0.15, 0.2) is 0 Å². The summed E-state index contributed by atoms with van der Waals surface area (Å²) in [5.41, 5.74) is 0. The number of carbonyl (C=O) groups excluding carboxylic acids is 2. The molecular weight excluding hydrogens is 320 g/mol. The Bertz CT molecular complexity index is 250. The van der Waals surface area contributed by atoms with Gasteiger partial charge in [-0.15, -0.1) is 23.5 Å². The highest BCUT2D eigenvalue weighted by Gasteiger charge is 2.03. The summed E-state index contributed by atoms with van der Waals surface area (Å²) < 4.78 is 14.7. The van der Waals surface area contributed by atoms with Crippen LogP contribution in [0, 0.1) is 0 Å². The molecule has 2 N–H and O–H groups in total. The van der Waals surface area contributed by atoms with Gasteiger partial charge in [-0.1, -0.05) is 0 Å². The third-order valence-corrected chi connectivity index (χ3v) is 3.68. The van der Waals surface area contributed by atoms with Gasteiger partial charge in [0.1, 0.15) is 13.2 Å². The molecule has 21 heavy (non-hydrogen) atoms. The van der Waals surface area contributed by atoms with Crippen LogP contribution in [-0.4, -0.2) is 84.8 Å². The summed E-state index contributed by atoms with van der Waals surface area (Å²) in [5, 5.41) is 16.9. The zero-order valence-electron chi connectivity index (χ0n) is 11.8. The van der Waals surface area contributed by atoms with Crippen molar-refractivity contribution in [3.8, 4) is 0 Å². The first-order valence-electron chi connectivity index (χ1n) is 6.47. The summed E-state index contributed by atoms with van der Waals surface area (Å²) >= 11 is 2.81. The first kappa shape index (κ1) is 20.5. The normalized spacial score (nSPS) is 10.4. The van der Waals surface area contributed by atoms with Crippen molar-refractivity contribution in [3.63, 3.8) is 0 Å². The number of aliphatic hydroxyl groups is 2. The quantitative estimate of drug-likeness (QED) is 0.321. The lowest BCUT2D eigenvalue weighted by atomic mass is 10.7. The van der Waals surface area contributed by atoms with Crippen molar-refractivity contribution >= 4 is 35.5 Å². The molecule has 7 nitrogen and oxygen atoms in total. The Labute approximate surface area is 132 Å². The number of rotatable bonds is 14. The zero-order valence-corrected chi connectivity index (χ0v) is 13.5. The number of thioether (sulfide) groups is 2. The molecule has 0 aliphatic rings. The average molecular weight is 342 g/mol. The molecule has 9 heteroatoms. The van der Waals surface area contributed by atoms with Crippen molar-refractivity contribution in [2.45, 2.75) is 0 Å². The Balaban J connectivity index is 3.19. The van der Waals surface area contributed by atoms with E-state index in [1.54, 1.807) is 0 Å². The van der Waals surface area contributed by atoms with Crippen molar-refractivity contribution in [2.75, 3.05) is 62.7 Å². The Morgan fingerprint density at radius 2 is 1.19 bits per heavy atom. The average Bonchev–Trinajstić information content (AvgIpc) is 2.49. The van der Waals surface area contributed by atoms with Gasteiger partial charge in [0, 0.05) is 11.5 Å². The smallest absolute Gasteiger partial charge is 0.315 e. The standard InChI is InChI=1S/C12H22O7S2/c13-1-3-18-11(15)9-20-7-5-17-6-8-21-10-12(16)19-4-2-14/h13-14H,1-10H2. The van der Waals surface area contributed by atoms with Gasteiger partial charge in [-0.3, -0.25) is 9.59 Å². The minimum atomic E-state index is -0.342. The molecule has 0 fully saturated rings. The summed E-state index contributed by atoms with van der Waals surface area (Å²) in [6, 6.07) is 0. The molecule has 0 rings (SSSR count). The molecule has 0 aromatic rings. The van der Waals surface area contributed by atoms with Gasteiger partial charge in [-0.2, -0.15) is 0 Å². The molecule has 0 heterocycles. The molecule has 0 amide bonds. The van der Waals surface area contributed by atoms with Gasteiger partial charge in [0.2, 0.25) is 0 Å². The lowest BCUT2D eigenvalue weighted by Gasteiger charge is -2.05. The van der Waals surface area contributed by atoms with E-state index in [9.17, 15) is 9.59 Å². The topological polar surface area (TPSA) is 102 Å². The highest BCUT2D eigenvalue weighted by molar-refractivity contribution is 8.00. The van der Waals surface area contributed by atoms with E-state index >= 15 is 0 Å². The summed E-state index contributed by atoms with van der Waals surface area (Å²) in [6.07, 6.45) is 0. The van der Waals surface area contributed by atoms with E-state index in [4.69, 9.17) is 14.9 Å². The monoisotopic (exact) mass is 342 g/mol. The Morgan fingerprint density at radius 1 is 0.762 bits per heavy atom. The van der Waals surface area contributed by atoms with Gasteiger partial charge in [0.05, 0.1) is 37.9 Å². The number of hydrogen-bond acceptors (Lipinski definition) is 9. The fourth-order valence-electron chi connectivity index (χ4n) is 1.05. The van der Waals surface area contributed by atoms with Crippen molar-refractivity contribution < 1.29 is 34.0 Å². The lowest BCUT2D eigenvalue weighted by Crippen LogP contribution is -2.12. The predicted octanol–water partition coefficient (Wildman–Crippen LogP) is -0.460. The number of hydrogen-bond donors (Lipinski definition) is 2. The van der Waals surface area contributed by atoms with Crippen LogP contribution < -0.4 is 0 Å². The molecule has 0 aromatic carbocycles. The van der Waals surface area contributed by atoms with Gasteiger partial charge in [-0.25, -0.2) is 0 Å². The van der Waals surface area contributed by atoms with Gasteiger partial charge >= 0.3 is 11.9 Å². The van der Waals surface area contributed by atoms with Crippen LogP contribution in [0.5, 0.6) is 0 Å². The second kappa shape index (κ2) is 15.9. The van der Waals surface area contributed by atoms with Crippen LogP contribution in [0.25, 0.3) is 0 Å². The maximum absolute atomic E-state index is 11.1. The first-order chi connectivity index (χ1) is 10.2. The number of carbonyl (C=O) groups is 2. The summed E-state index contributed by atoms with van der Waals surface area (Å²) in [5.74, 6) is 1.16. The molecule has 0 aliphatic carbocycles. The van der Waals surface area contributed by atoms with Crippen molar-refractivity contribution in [1.82, 2.24) is 0 Å². The molecule has 0 spiro atoms. The molecular formula is C12H22O7S2. The van der Waals surface area contributed by atoms with Gasteiger partial charge in [-0.05, 0) is 0 Å². The van der Waals surface area contributed by atoms with Crippen LogP contribution in [0.4, 0.5) is 0 Å². The van der Waals surface area contributed by atoms with E-state index < -0.39 is 0 Å². The van der Waals surface area contributed by atoms with E-state index in [2.05, 4.69) is 9.47 Å². The highest BCUT2D eigenvalue weighted by atomic mass is 32.2. The minimum Gasteiger partial charge on any atom is -0.463 e. The largest absolute Gasteiger partial charge is 0.463 e. The third kappa shape index (κ3) is 15.7. The highest BCUT2D eigenvalue weighted by Crippen LogP contribution is 2.03. The van der Waals surface area contributed by atoms with Crippen LogP contribution in [0.1, 0.15) is 0 Å². The second-order valence-electron chi connectivity index (χ2n) is 3.61. The lowest BCUT2D eigenvalue weighted by molar-refractivity contribution is -0.142. The Morgan fingerprint density at radius 3 is 1.57 bits per heavy atom. The van der Waals surface area contributed by atoms with Crippen molar-refractivity contribution in [3.05, 3.63) is 0 Å². The summed E-state index contributed by atoms with van der Waals surface area (Å²) in [7, 11) is 0. The molecule has 0 atom stereocenters. The van der Waals surface area contributed by atoms with Gasteiger partial charge < -0.3 is 24.4 Å². The molecule has 0 saturated heterocycles. The second-order valence-corrected chi connectivity index (χ2v) is 5.82. The van der Waals surface area contributed by atoms with Crippen LogP contribution in [0.2, 0.25) is 0 Å². The number of esters is 2. The molecule has 0 radical (unpaired) electrons. The van der Waals surface area contributed by atoms with Gasteiger partial charge in [0.15, 0.2) is 0 Å². The van der Waals surface area contributed by atoms with E-state index in [1.165, 1.54) is 23.5 Å². The SMILES string of the molecule is O=C(CSCCOCCSCC(=O)OCCO)OCCO. The molecule has 0 saturated carbocycles. The number of aliphatic hydroxyl groups excluding tert-OH is 2. The maximum Gasteiger partial charge on any atom is 0.315 e. The molecule has 0 unspecified atom stereocenters. The molecule has 124 valence electrons. The minimum absolute atomic E-state index is 0.0356. The van der Waals surface area contributed by atoms with Gasteiger partial charge in [0.25, 0.3) is 0 Å². The van der Waals surface area contributed by atoms with E-state index in [0.717, 1.165) is 0 Å². The first-order valence-corrected chi connectivity index (χ1v) is 8.77. The molecule has 0 aromatic heterocycles. The maximum atomic E-state index is 11.1. The zero-order chi connectivity index (χ0) is 15.8. The third-order valence-electron chi connectivity index (χ3n) is 1.89. The van der Waals surface area contributed by atoms with Crippen molar-refractivity contribution in [2.24, 2.45) is 0 Å². The Kier molecular flexibility index (Phi) is 15.5.